The minimum absolute atomic E-state index is 0.219. The molecule has 1 atom stereocenters. The topological polar surface area (TPSA) is 36.4 Å². The molecule has 1 saturated carbocycles. The third kappa shape index (κ3) is 3.38. The quantitative estimate of drug-likeness (QED) is 0.840. The van der Waals surface area contributed by atoms with Crippen molar-refractivity contribution in [3.05, 3.63) is 15.6 Å². The molecule has 5 heteroatoms. The lowest BCUT2D eigenvalue weighted by atomic mass is 9.73. The van der Waals surface area contributed by atoms with Gasteiger partial charge in [-0.1, -0.05) is 0 Å². The first-order valence-electron chi connectivity index (χ1n) is 9.50. The van der Waals surface area contributed by atoms with Gasteiger partial charge in [0.15, 0.2) is 0 Å². The van der Waals surface area contributed by atoms with Crippen LogP contribution in [-0.4, -0.2) is 53.4 Å². The Balaban J connectivity index is 1.46. The van der Waals surface area contributed by atoms with Gasteiger partial charge in [-0.2, -0.15) is 0 Å². The fourth-order valence-electron chi connectivity index (χ4n) is 4.72. The molecule has 3 heterocycles. The molecule has 3 aliphatic rings. The Morgan fingerprint density at radius 2 is 1.96 bits per heavy atom. The molecule has 2 saturated heterocycles. The zero-order valence-electron chi connectivity index (χ0n) is 15.0. The summed E-state index contributed by atoms with van der Waals surface area (Å²) in [6, 6.07) is 0. The van der Waals surface area contributed by atoms with Gasteiger partial charge in [0.2, 0.25) is 0 Å². The van der Waals surface area contributed by atoms with E-state index in [1.165, 1.54) is 51.7 Å². The molecule has 2 aliphatic heterocycles. The SMILES string of the molecule is Cc1nc(C)c(C(=O)N2CCCC3(CCCN(CC4CC4)C3)C2)s1. The zero-order valence-corrected chi connectivity index (χ0v) is 15.8. The molecule has 1 amide bonds. The number of piperidine rings is 2. The number of thiazole rings is 1. The van der Waals surface area contributed by atoms with Crippen molar-refractivity contribution in [1.82, 2.24) is 14.8 Å². The summed E-state index contributed by atoms with van der Waals surface area (Å²) in [6.45, 7) is 9.58. The van der Waals surface area contributed by atoms with Crippen molar-refractivity contribution < 1.29 is 4.79 Å². The van der Waals surface area contributed by atoms with Crippen LogP contribution in [0.4, 0.5) is 0 Å². The van der Waals surface area contributed by atoms with E-state index in [1.807, 2.05) is 13.8 Å². The average molecular weight is 348 g/mol. The Bertz CT molecular complexity index is 620. The largest absolute Gasteiger partial charge is 0.337 e. The number of likely N-dealkylation sites (tertiary alicyclic amines) is 2. The smallest absolute Gasteiger partial charge is 0.265 e. The van der Waals surface area contributed by atoms with Gasteiger partial charge in [0.1, 0.15) is 4.88 Å². The number of aromatic nitrogens is 1. The number of aryl methyl sites for hydroxylation is 2. The van der Waals surface area contributed by atoms with E-state index >= 15 is 0 Å². The van der Waals surface area contributed by atoms with Crippen LogP contribution in [0.2, 0.25) is 0 Å². The van der Waals surface area contributed by atoms with Gasteiger partial charge in [-0.25, -0.2) is 4.98 Å². The molecule has 1 aliphatic carbocycles. The molecule has 4 nitrogen and oxygen atoms in total. The summed E-state index contributed by atoms with van der Waals surface area (Å²) in [7, 11) is 0. The van der Waals surface area contributed by atoms with Crippen molar-refractivity contribution in [1.29, 1.82) is 0 Å². The van der Waals surface area contributed by atoms with E-state index in [-0.39, 0.29) is 5.91 Å². The van der Waals surface area contributed by atoms with Crippen molar-refractivity contribution in [3.63, 3.8) is 0 Å². The highest BCUT2D eigenvalue weighted by Crippen LogP contribution is 2.40. The molecule has 0 aromatic carbocycles. The highest BCUT2D eigenvalue weighted by atomic mass is 32.1. The molecule has 1 unspecified atom stereocenters. The lowest BCUT2D eigenvalue weighted by Gasteiger charge is -2.48. The van der Waals surface area contributed by atoms with Crippen LogP contribution in [0, 0.1) is 25.2 Å². The Hall–Kier alpha value is -0.940. The standard InChI is InChI=1S/C19H29N3OS/c1-14-17(24-15(2)20-14)18(23)22-10-4-8-19(13-22)7-3-9-21(12-19)11-16-5-6-16/h16H,3-13H2,1-2H3. The molecule has 3 fully saturated rings. The van der Waals surface area contributed by atoms with Crippen molar-refractivity contribution in [2.75, 3.05) is 32.7 Å². The summed E-state index contributed by atoms with van der Waals surface area (Å²) in [5.41, 5.74) is 1.25. The number of carbonyl (C=O) groups is 1. The molecule has 0 N–H and O–H groups in total. The first kappa shape index (κ1) is 16.5. The molecule has 1 spiro atoms. The van der Waals surface area contributed by atoms with Crippen LogP contribution < -0.4 is 0 Å². The van der Waals surface area contributed by atoms with E-state index in [2.05, 4.69) is 14.8 Å². The first-order chi connectivity index (χ1) is 11.5. The van der Waals surface area contributed by atoms with Crippen LogP contribution in [-0.2, 0) is 0 Å². The van der Waals surface area contributed by atoms with Gasteiger partial charge in [-0.3, -0.25) is 4.79 Å². The Morgan fingerprint density at radius 1 is 1.21 bits per heavy atom. The molecular weight excluding hydrogens is 318 g/mol. The van der Waals surface area contributed by atoms with Gasteiger partial charge in [0, 0.05) is 31.6 Å². The van der Waals surface area contributed by atoms with Crippen LogP contribution in [0.15, 0.2) is 0 Å². The van der Waals surface area contributed by atoms with Crippen molar-refractivity contribution in [2.24, 2.45) is 11.3 Å². The molecule has 1 aromatic heterocycles. The summed E-state index contributed by atoms with van der Waals surface area (Å²) in [6.07, 6.45) is 7.89. The maximum Gasteiger partial charge on any atom is 0.265 e. The third-order valence-corrected chi connectivity index (χ3v) is 7.06. The number of carbonyl (C=O) groups excluding carboxylic acids is 1. The average Bonchev–Trinajstić information content (AvgIpc) is 3.29. The zero-order chi connectivity index (χ0) is 16.7. The molecule has 4 rings (SSSR count). The molecule has 0 radical (unpaired) electrons. The molecule has 24 heavy (non-hydrogen) atoms. The van der Waals surface area contributed by atoms with E-state index in [0.717, 1.165) is 41.0 Å². The van der Waals surface area contributed by atoms with E-state index in [9.17, 15) is 4.79 Å². The second-order valence-corrected chi connectivity index (χ2v) is 9.46. The molecular formula is C19H29N3OS. The predicted molar refractivity (Wildman–Crippen MR) is 97.6 cm³/mol. The fourth-order valence-corrected chi connectivity index (χ4v) is 5.61. The minimum atomic E-state index is 0.219. The second-order valence-electron chi connectivity index (χ2n) is 8.26. The van der Waals surface area contributed by atoms with Gasteiger partial charge in [-0.15, -0.1) is 11.3 Å². The molecule has 132 valence electrons. The predicted octanol–water partition coefficient (Wildman–Crippen LogP) is 3.49. The first-order valence-corrected chi connectivity index (χ1v) is 10.3. The van der Waals surface area contributed by atoms with E-state index in [0.29, 0.717) is 5.41 Å². The van der Waals surface area contributed by atoms with Gasteiger partial charge in [0.05, 0.1) is 10.7 Å². The van der Waals surface area contributed by atoms with Gasteiger partial charge >= 0.3 is 0 Å². The third-order valence-electron chi connectivity index (χ3n) is 6.00. The Kier molecular flexibility index (Phi) is 4.42. The van der Waals surface area contributed by atoms with Crippen LogP contribution >= 0.6 is 11.3 Å². The maximum atomic E-state index is 13.0. The highest BCUT2D eigenvalue weighted by molar-refractivity contribution is 7.13. The molecule has 1 aromatic rings. The number of nitrogens with zero attached hydrogens (tertiary/aromatic N) is 3. The van der Waals surface area contributed by atoms with Crippen LogP contribution in [0.3, 0.4) is 0 Å². The number of hydrogen-bond acceptors (Lipinski definition) is 4. The summed E-state index contributed by atoms with van der Waals surface area (Å²) in [5, 5.41) is 0.996. The summed E-state index contributed by atoms with van der Waals surface area (Å²) in [4.78, 5) is 23.1. The summed E-state index contributed by atoms with van der Waals surface area (Å²) < 4.78 is 0. The van der Waals surface area contributed by atoms with Crippen molar-refractivity contribution in [3.8, 4) is 0 Å². The van der Waals surface area contributed by atoms with Gasteiger partial charge in [0.25, 0.3) is 5.91 Å². The monoisotopic (exact) mass is 347 g/mol. The number of rotatable bonds is 3. The highest BCUT2D eigenvalue weighted by Gasteiger charge is 2.41. The fraction of sp³-hybridized carbons (Fsp3) is 0.789. The van der Waals surface area contributed by atoms with Crippen molar-refractivity contribution in [2.45, 2.75) is 52.4 Å². The van der Waals surface area contributed by atoms with Gasteiger partial charge in [-0.05, 0) is 64.8 Å². The normalized spacial score (nSPS) is 28.5. The van der Waals surface area contributed by atoms with E-state index in [1.54, 1.807) is 11.3 Å². The minimum Gasteiger partial charge on any atom is -0.337 e. The Labute approximate surface area is 149 Å². The molecule has 0 bridgehead atoms. The van der Waals surface area contributed by atoms with E-state index < -0.39 is 0 Å². The Morgan fingerprint density at radius 3 is 2.62 bits per heavy atom. The summed E-state index contributed by atoms with van der Waals surface area (Å²) in [5.74, 6) is 1.18. The van der Waals surface area contributed by atoms with Gasteiger partial charge < -0.3 is 9.80 Å². The lowest BCUT2D eigenvalue weighted by molar-refractivity contribution is 0.0126. The van der Waals surface area contributed by atoms with Crippen LogP contribution in [0.1, 0.15) is 58.9 Å². The maximum absolute atomic E-state index is 13.0. The van der Waals surface area contributed by atoms with Crippen LogP contribution in [0.25, 0.3) is 0 Å². The second kappa shape index (κ2) is 6.41. The van der Waals surface area contributed by atoms with Crippen LogP contribution in [0.5, 0.6) is 0 Å². The lowest BCUT2D eigenvalue weighted by Crippen LogP contribution is -2.53. The number of hydrogen-bond donors (Lipinski definition) is 0. The van der Waals surface area contributed by atoms with E-state index in [4.69, 9.17) is 0 Å². The number of amides is 1. The summed E-state index contributed by atoms with van der Waals surface area (Å²) >= 11 is 1.56. The van der Waals surface area contributed by atoms with Crippen molar-refractivity contribution >= 4 is 17.2 Å².